The Balaban J connectivity index is 2.02. The number of nitrogens with one attached hydrogen (secondary N) is 1. The van der Waals surface area contributed by atoms with Crippen LogP contribution < -0.4 is 11.1 Å². The van der Waals surface area contributed by atoms with Gasteiger partial charge in [-0.25, -0.2) is 9.78 Å². The van der Waals surface area contributed by atoms with Crippen molar-refractivity contribution in [3.63, 3.8) is 0 Å². The second-order valence-corrected chi connectivity index (χ2v) is 6.44. The second-order valence-electron chi connectivity index (χ2n) is 6.44. The molecule has 7 heteroatoms. The topological polar surface area (TPSA) is 99.2 Å². The van der Waals surface area contributed by atoms with E-state index in [9.17, 15) is 9.59 Å². The highest BCUT2D eigenvalue weighted by atomic mass is 16.6. The molecule has 0 radical (unpaired) electrons. The number of benzene rings is 1. The van der Waals surface area contributed by atoms with Gasteiger partial charge in [-0.15, -0.1) is 0 Å². The van der Waals surface area contributed by atoms with Gasteiger partial charge in [0.25, 0.3) is 0 Å². The monoisotopic (exact) mass is 330 g/mol. The lowest BCUT2D eigenvalue weighted by molar-refractivity contribution is -0.120. The number of primary amides is 1. The van der Waals surface area contributed by atoms with Gasteiger partial charge >= 0.3 is 6.09 Å². The molecule has 0 aliphatic heterocycles. The molecule has 0 unspecified atom stereocenters. The standard InChI is InChI=1S/C17H22N4O3/c1-17(2,3)24-16(23)20-14(15(18)22)10-12-4-6-13(7-5-12)21-9-8-19-11-21/h4-9,11,14H,10H2,1-3H3,(H2,18,22)(H,20,23)/t14-/m1/s1. The molecule has 0 bridgehead atoms. The number of ether oxygens (including phenoxy) is 1. The van der Waals surface area contributed by atoms with Crippen LogP contribution in [0.5, 0.6) is 0 Å². The van der Waals surface area contributed by atoms with E-state index in [0.717, 1.165) is 11.3 Å². The van der Waals surface area contributed by atoms with Crippen molar-refractivity contribution in [3.8, 4) is 5.69 Å². The molecule has 1 aromatic carbocycles. The summed E-state index contributed by atoms with van der Waals surface area (Å²) in [5, 5.41) is 2.51. The van der Waals surface area contributed by atoms with Gasteiger partial charge in [-0.05, 0) is 38.5 Å². The summed E-state index contributed by atoms with van der Waals surface area (Å²) in [6, 6.07) is 6.73. The maximum atomic E-state index is 11.8. The van der Waals surface area contributed by atoms with Gasteiger partial charge in [-0.3, -0.25) is 4.79 Å². The molecule has 0 spiro atoms. The largest absolute Gasteiger partial charge is 0.444 e. The minimum absolute atomic E-state index is 0.290. The van der Waals surface area contributed by atoms with E-state index in [0.29, 0.717) is 6.42 Å². The van der Waals surface area contributed by atoms with E-state index in [1.54, 1.807) is 33.3 Å². The molecule has 3 N–H and O–H groups in total. The zero-order valence-electron chi connectivity index (χ0n) is 14.0. The number of carbonyl (C=O) groups is 2. The third kappa shape index (κ3) is 5.12. The molecular weight excluding hydrogens is 308 g/mol. The quantitative estimate of drug-likeness (QED) is 0.873. The summed E-state index contributed by atoms with van der Waals surface area (Å²) < 4.78 is 7.03. The van der Waals surface area contributed by atoms with Gasteiger partial charge in [-0.1, -0.05) is 12.1 Å². The zero-order chi connectivity index (χ0) is 17.7. The number of amides is 2. The molecule has 2 aromatic rings. The smallest absolute Gasteiger partial charge is 0.408 e. The Morgan fingerprint density at radius 3 is 2.46 bits per heavy atom. The fourth-order valence-corrected chi connectivity index (χ4v) is 2.12. The molecule has 1 atom stereocenters. The van der Waals surface area contributed by atoms with Crippen LogP contribution in [0, 0.1) is 0 Å². The SMILES string of the molecule is CC(C)(C)OC(=O)N[C@H](Cc1ccc(-n2ccnc2)cc1)C(N)=O. The molecule has 0 saturated heterocycles. The van der Waals surface area contributed by atoms with Crippen LogP contribution in [0.2, 0.25) is 0 Å². The average molecular weight is 330 g/mol. The summed E-state index contributed by atoms with van der Waals surface area (Å²) >= 11 is 0. The van der Waals surface area contributed by atoms with Crippen LogP contribution in [0.4, 0.5) is 4.79 Å². The Labute approximate surface area is 140 Å². The summed E-state index contributed by atoms with van der Waals surface area (Å²) in [7, 11) is 0. The van der Waals surface area contributed by atoms with E-state index in [-0.39, 0.29) is 0 Å². The van der Waals surface area contributed by atoms with Crippen molar-refractivity contribution in [1.29, 1.82) is 0 Å². The number of carbonyl (C=O) groups excluding carboxylic acids is 2. The summed E-state index contributed by atoms with van der Waals surface area (Å²) in [6.07, 6.45) is 4.86. The summed E-state index contributed by atoms with van der Waals surface area (Å²) in [5.74, 6) is -0.612. The molecule has 1 heterocycles. The van der Waals surface area contributed by atoms with Crippen LogP contribution in [-0.4, -0.2) is 33.2 Å². The summed E-state index contributed by atoms with van der Waals surface area (Å²) in [6.45, 7) is 5.25. The minimum Gasteiger partial charge on any atom is -0.444 e. The average Bonchev–Trinajstić information content (AvgIpc) is 2.99. The first-order chi connectivity index (χ1) is 11.2. The fraction of sp³-hybridized carbons (Fsp3) is 0.353. The van der Waals surface area contributed by atoms with Crippen molar-refractivity contribution in [2.24, 2.45) is 5.73 Å². The molecule has 24 heavy (non-hydrogen) atoms. The van der Waals surface area contributed by atoms with Crippen molar-refractivity contribution in [2.75, 3.05) is 0 Å². The Morgan fingerprint density at radius 2 is 1.96 bits per heavy atom. The lowest BCUT2D eigenvalue weighted by Gasteiger charge is -2.22. The molecule has 2 amide bonds. The molecule has 0 saturated carbocycles. The minimum atomic E-state index is -0.834. The molecule has 0 fully saturated rings. The van der Waals surface area contributed by atoms with Crippen LogP contribution in [0.3, 0.4) is 0 Å². The Morgan fingerprint density at radius 1 is 1.29 bits per heavy atom. The highest BCUT2D eigenvalue weighted by Crippen LogP contribution is 2.12. The highest BCUT2D eigenvalue weighted by Gasteiger charge is 2.22. The molecule has 0 aliphatic rings. The van der Waals surface area contributed by atoms with Crippen molar-refractivity contribution in [1.82, 2.24) is 14.9 Å². The van der Waals surface area contributed by atoms with E-state index >= 15 is 0 Å². The number of alkyl carbamates (subject to hydrolysis) is 1. The molecular formula is C17H22N4O3. The molecule has 1 aromatic heterocycles. The van der Waals surface area contributed by atoms with E-state index in [4.69, 9.17) is 10.5 Å². The Kier molecular flexibility index (Phi) is 5.23. The molecule has 0 aliphatic carbocycles. The lowest BCUT2D eigenvalue weighted by atomic mass is 10.1. The van der Waals surface area contributed by atoms with Gasteiger partial charge in [0.1, 0.15) is 11.6 Å². The van der Waals surface area contributed by atoms with Crippen molar-refractivity contribution < 1.29 is 14.3 Å². The van der Waals surface area contributed by atoms with Crippen molar-refractivity contribution >= 4 is 12.0 Å². The van der Waals surface area contributed by atoms with E-state index in [2.05, 4.69) is 10.3 Å². The van der Waals surface area contributed by atoms with Crippen molar-refractivity contribution in [2.45, 2.75) is 38.8 Å². The van der Waals surface area contributed by atoms with Gasteiger partial charge in [-0.2, -0.15) is 0 Å². The first-order valence-corrected chi connectivity index (χ1v) is 7.61. The van der Waals surface area contributed by atoms with Crippen LogP contribution in [-0.2, 0) is 16.0 Å². The van der Waals surface area contributed by atoms with Gasteiger partial charge in [0, 0.05) is 24.5 Å². The number of rotatable bonds is 5. The van der Waals surface area contributed by atoms with Crippen LogP contribution >= 0.6 is 0 Å². The third-order valence-corrected chi connectivity index (χ3v) is 3.21. The lowest BCUT2D eigenvalue weighted by Crippen LogP contribution is -2.47. The summed E-state index contributed by atoms with van der Waals surface area (Å²) in [4.78, 5) is 27.4. The fourth-order valence-electron chi connectivity index (χ4n) is 2.12. The first kappa shape index (κ1) is 17.5. The number of hydrogen-bond acceptors (Lipinski definition) is 4. The molecule has 2 rings (SSSR count). The Hall–Kier alpha value is -2.83. The normalized spacial score (nSPS) is 12.5. The maximum Gasteiger partial charge on any atom is 0.408 e. The van der Waals surface area contributed by atoms with Gasteiger partial charge in [0.05, 0.1) is 6.33 Å². The number of imidazole rings is 1. The third-order valence-electron chi connectivity index (χ3n) is 3.21. The predicted octanol–water partition coefficient (Wildman–Crippen LogP) is 1.79. The number of nitrogens with two attached hydrogens (primary N) is 1. The predicted molar refractivity (Wildman–Crippen MR) is 89.6 cm³/mol. The molecule has 7 nitrogen and oxygen atoms in total. The first-order valence-electron chi connectivity index (χ1n) is 7.61. The van der Waals surface area contributed by atoms with E-state index in [1.807, 2.05) is 35.0 Å². The summed E-state index contributed by atoms with van der Waals surface area (Å²) in [5.41, 5.74) is 6.57. The Bertz CT molecular complexity index is 688. The van der Waals surface area contributed by atoms with Crippen LogP contribution in [0.15, 0.2) is 43.0 Å². The highest BCUT2D eigenvalue weighted by molar-refractivity contribution is 5.84. The van der Waals surface area contributed by atoms with E-state index in [1.165, 1.54) is 0 Å². The van der Waals surface area contributed by atoms with Gasteiger partial charge in [0.15, 0.2) is 0 Å². The maximum absolute atomic E-state index is 11.8. The molecule has 128 valence electrons. The number of hydrogen-bond donors (Lipinski definition) is 2. The number of nitrogens with zero attached hydrogens (tertiary/aromatic N) is 2. The van der Waals surface area contributed by atoms with Gasteiger partial charge in [0.2, 0.25) is 5.91 Å². The van der Waals surface area contributed by atoms with E-state index < -0.39 is 23.6 Å². The second kappa shape index (κ2) is 7.16. The van der Waals surface area contributed by atoms with Crippen LogP contribution in [0.25, 0.3) is 5.69 Å². The zero-order valence-corrected chi connectivity index (χ0v) is 14.0. The van der Waals surface area contributed by atoms with Crippen molar-refractivity contribution in [3.05, 3.63) is 48.5 Å². The van der Waals surface area contributed by atoms with Crippen LogP contribution in [0.1, 0.15) is 26.3 Å². The number of aromatic nitrogens is 2. The van der Waals surface area contributed by atoms with Gasteiger partial charge < -0.3 is 20.4 Å².